The lowest BCUT2D eigenvalue weighted by molar-refractivity contribution is -0.0356. The van der Waals surface area contributed by atoms with Crippen molar-refractivity contribution in [1.82, 2.24) is 19.7 Å². The van der Waals surface area contributed by atoms with E-state index >= 15 is 0 Å². The summed E-state index contributed by atoms with van der Waals surface area (Å²) < 4.78 is 7.88. The highest BCUT2D eigenvalue weighted by Gasteiger charge is 2.23. The molecule has 134 valence electrons. The van der Waals surface area contributed by atoms with Crippen LogP contribution in [0.4, 0.5) is 0 Å². The van der Waals surface area contributed by atoms with Crippen LogP contribution in [0.1, 0.15) is 17.5 Å². The van der Waals surface area contributed by atoms with E-state index in [4.69, 9.17) is 16.3 Å². The number of aromatic nitrogens is 3. The lowest BCUT2D eigenvalue weighted by Crippen LogP contribution is -2.38. The third kappa shape index (κ3) is 3.80. The molecule has 1 fully saturated rings. The summed E-state index contributed by atoms with van der Waals surface area (Å²) in [5.41, 5.74) is 4.29. The van der Waals surface area contributed by atoms with Gasteiger partial charge < -0.3 is 4.74 Å². The molecule has 1 aliphatic rings. The number of halogens is 1. The fourth-order valence-corrected chi connectivity index (χ4v) is 3.44. The number of hydrogen-bond donors (Lipinski definition) is 0. The molecule has 2 aromatic heterocycles. The van der Waals surface area contributed by atoms with Gasteiger partial charge in [0.25, 0.3) is 0 Å². The summed E-state index contributed by atoms with van der Waals surface area (Å²) in [6.07, 6.45) is 3.72. The fourth-order valence-electron chi connectivity index (χ4n) is 3.25. The van der Waals surface area contributed by atoms with E-state index in [-0.39, 0.29) is 6.10 Å². The van der Waals surface area contributed by atoms with Crippen LogP contribution in [0.5, 0.6) is 0 Å². The topological polar surface area (TPSA) is 43.2 Å². The molecule has 1 aliphatic heterocycles. The minimum absolute atomic E-state index is 0.00890. The van der Waals surface area contributed by atoms with Gasteiger partial charge in [-0.05, 0) is 29.8 Å². The third-order valence-electron chi connectivity index (χ3n) is 4.73. The molecule has 26 heavy (non-hydrogen) atoms. The molecule has 0 amide bonds. The molecular weight excluding hydrogens is 348 g/mol. The van der Waals surface area contributed by atoms with E-state index in [1.165, 1.54) is 5.69 Å². The van der Waals surface area contributed by atoms with Crippen LogP contribution >= 0.6 is 11.6 Å². The Morgan fingerprint density at radius 3 is 2.85 bits per heavy atom. The summed E-state index contributed by atoms with van der Waals surface area (Å²) in [6, 6.07) is 14.0. The summed E-state index contributed by atoms with van der Waals surface area (Å²) >= 11 is 6.08. The van der Waals surface area contributed by atoms with E-state index in [1.807, 2.05) is 48.4 Å². The maximum absolute atomic E-state index is 6.08. The predicted octanol–water partition coefficient (Wildman–Crippen LogP) is 3.71. The third-order valence-corrected chi connectivity index (χ3v) is 4.97. The monoisotopic (exact) mass is 368 g/mol. The second-order valence-corrected chi connectivity index (χ2v) is 6.96. The molecule has 0 N–H and O–H groups in total. The summed E-state index contributed by atoms with van der Waals surface area (Å²) in [5, 5.41) is 4.97. The van der Waals surface area contributed by atoms with Crippen LogP contribution in [0.25, 0.3) is 11.1 Å². The van der Waals surface area contributed by atoms with Crippen LogP contribution in [0.15, 0.2) is 54.9 Å². The second-order valence-electron chi connectivity index (χ2n) is 6.52. The Morgan fingerprint density at radius 1 is 1.19 bits per heavy atom. The molecule has 0 saturated carbocycles. The number of morpholine rings is 1. The van der Waals surface area contributed by atoms with Crippen LogP contribution in [0, 0.1) is 0 Å². The first kappa shape index (κ1) is 17.2. The number of benzene rings is 1. The van der Waals surface area contributed by atoms with E-state index < -0.39 is 0 Å². The van der Waals surface area contributed by atoms with Crippen molar-refractivity contribution in [1.29, 1.82) is 0 Å². The van der Waals surface area contributed by atoms with Crippen molar-refractivity contribution in [2.45, 2.75) is 12.6 Å². The molecule has 0 spiro atoms. The number of rotatable bonds is 4. The molecule has 1 atom stereocenters. The van der Waals surface area contributed by atoms with E-state index in [0.717, 1.165) is 41.5 Å². The molecule has 3 aromatic rings. The first-order valence-electron chi connectivity index (χ1n) is 8.72. The Bertz CT molecular complexity index is 878. The standard InChI is InChI=1S/C20H21ClN4O/c1-24-18(7-8-23-24)13-25-9-10-26-20(14-25)19-6-5-16(12-22-19)15-3-2-4-17(21)11-15/h2-8,11-12,20H,9-10,13-14H2,1H3. The van der Waals surface area contributed by atoms with Crippen LogP contribution in [0.3, 0.4) is 0 Å². The maximum atomic E-state index is 6.08. The molecule has 4 rings (SSSR count). The van der Waals surface area contributed by atoms with Crippen molar-refractivity contribution in [3.63, 3.8) is 0 Å². The zero-order valence-corrected chi connectivity index (χ0v) is 15.4. The Kier molecular flexibility index (Phi) is 5.02. The van der Waals surface area contributed by atoms with Gasteiger partial charge in [0, 0.05) is 49.7 Å². The molecule has 1 saturated heterocycles. The smallest absolute Gasteiger partial charge is 0.112 e. The number of aryl methyl sites for hydroxylation is 1. The van der Waals surface area contributed by atoms with Gasteiger partial charge in [0.15, 0.2) is 0 Å². The quantitative estimate of drug-likeness (QED) is 0.704. The van der Waals surface area contributed by atoms with E-state index in [2.05, 4.69) is 33.2 Å². The zero-order chi connectivity index (χ0) is 17.9. The van der Waals surface area contributed by atoms with Gasteiger partial charge in [0.05, 0.1) is 18.0 Å². The van der Waals surface area contributed by atoms with E-state index in [9.17, 15) is 0 Å². The number of nitrogens with zero attached hydrogens (tertiary/aromatic N) is 4. The van der Waals surface area contributed by atoms with Crippen molar-refractivity contribution in [3.8, 4) is 11.1 Å². The SMILES string of the molecule is Cn1nccc1CN1CCOC(c2ccc(-c3cccc(Cl)c3)cn2)C1. The minimum Gasteiger partial charge on any atom is -0.369 e. The van der Waals surface area contributed by atoms with Crippen LogP contribution in [0.2, 0.25) is 5.02 Å². The average Bonchev–Trinajstić information content (AvgIpc) is 3.07. The summed E-state index contributed by atoms with van der Waals surface area (Å²) in [6.45, 7) is 3.33. The van der Waals surface area contributed by atoms with Crippen molar-refractivity contribution in [3.05, 3.63) is 71.3 Å². The molecule has 5 nitrogen and oxygen atoms in total. The molecule has 1 unspecified atom stereocenters. The van der Waals surface area contributed by atoms with Crippen molar-refractivity contribution in [2.75, 3.05) is 19.7 Å². The Balaban J connectivity index is 1.46. The second kappa shape index (κ2) is 7.58. The Hall–Kier alpha value is -2.21. The molecule has 3 heterocycles. The van der Waals surface area contributed by atoms with Gasteiger partial charge in [-0.1, -0.05) is 29.8 Å². The maximum Gasteiger partial charge on any atom is 0.112 e. The molecule has 0 aliphatic carbocycles. The largest absolute Gasteiger partial charge is 0.369 e. The van der Waals surface area contributed by atoms with Gasteiger partial charge in [0.2, 0.25) is 0 Å². The highest BCUT2D eigenvalue weighted by molar-refractivity contribution is 6.30. The highest BCUT2D eigenvalue weighted by atomic mass is 35.5. The summed E-state index contributed by atoms with van der Waals surface area (Å²) in [5.74, 6) is 0. The number of hydrogen-bond acceptors (Lipinski definition) is 4. The molecule has 1 aromatic carbocycles. The fraction of sp³-hybridized carbons (Fsp3) is 0.300. The van der Waals surface area contributed by atoms with Crippen LogP contribution < -0.4 is 0 Å². The summed E-state index contributed by atoms with van der Waals surface area (Å²) in [4.78, 5) is 7.03. The molecule has 0 bridgehead atoms. The van der Waals surface area contributed by atoms with Gasteiger partial charge in [-0.2, -0.15) is 5.10 Å². The van der Waals surface area contributed by atoms with Crippen molar-refractivity contribution >= 4 is 11.6 Å². The average molecular weight is 369 g/mol. The molecular formula is C20H21ClN4O. The normalized spacial score (nSPS) is 18.2. The summed E-state index contributed by atoms with van der Waals surface area (Å²) in [7, 11) is 1.98. The van der Waals surface area contributed by atoms with Crippen LogP contribution in [-0.4, -0.2) is 39.4 Å². The highest BCUT2D eigenvalue weighted by Crippen LogP contribution is 2.26. The zero-order valence-electron chi connectivity index (χ0n) is 14.7. The van der Waals surface area contributed by atoms with Gasteiger partial charge >= 0.3 is 0 Å². The van der Waals surface area contributed by atoms with E-state index in [0.29, 0.717) is 6.61 Å². The molecule has 0 radical (unpaired) electrons. The van der Waals surface area contributed by atoms with E-state index in [1.54, 1.807) is 0 Å². The van der Waals surface area contributed by atoms with Crippen molar-refractivity contribution < 1.29 is 4.74 Å². The van der Waals surface area contributed by atoms with Gasteiger partial charge in [-0.15, -0.1) is 0 Å². The lowest BCUT2D eigenvalue weighted by atomic mass is 10.1. The first-order valence-corrected chi connectivity index (χ1v) is 9.09. The number of ether oxygens (including phenoxy) is 1. The van der Waals surface area contributed by atoms with Crippen molar-refractivity contribution in [2.24, 2.45) is 7.05 Å². The molecule has 6 heteroatoms. The van der Waals surface area contributed by atoms with Gasteiger partial charge in [-0.3, -0.25) is 14.6 Å². The van der Waals surface area contributed by atoms with Crippen LogP contribution in [-0.2, 0) is 18.3 Å². The predicted molar refractivity (Wildman–Crippen MR) is 102 cm³/mol. The lowest BCUT2D eigenvalue weighted by Gasteiger charge is -2.32. The van der Waals surface area contributed by atoms with Gasteiger partial charge in [-0.25, -0.2) is 0 Å². The first-order chi connectivity index (χ1) is 12.7. The Morgan fingerprint density at radius 2 is 2.12 bits per heavy atom. The Labute approximate surface area is 158 Å². The van der Waals surface area contributed by atoms with Gasteiger partial charge in [0.1, 0.15) is 6.10 Å². The minimum atomic E-state index is -0.00890. The number of pyridine rings is 1.